The molecule has 0 saturated carbocycles. The summed E-state index contributed by atoms with van der Waals surface area (Å²) in [5, 5.41) is 18.2. The van der Waals surface area contributed by atoms with Crippen molar-refractivity contribution in [3.8, 4) is 10.6 Å². The van der Waals surface area contributed by atoms with E-state index >= 15 is 0 Å². The number of aromatic nitrogens is 2. The van der Waals surface area contributed by atoms with E-state index < -0.39 is 11.9 Å². The third-order valence-electron chi connectivity index (χ3n) is 3.73. The van der Waals surface area contributed by atoms with E-state index in [4.69, 9.17) is 0 Å². The van der Waals surface area contributed by atoms with Gasteiger partial charge in [-0.15, -0.1) is 11.3 Å². The van der Waals surface area contributed by atoms with Crippen LogP contribution in [0.15, 0.2) is 23.6 Å². The van der Waals surface area contributed by atoms with Crippen molar-refractivity contribution in [2.24, 2.45) is 0 Å². The summed E-state index contributed by atoms with van der Waals surface area (Å²) >= 11 is 1.52. The topological polar surface area (TPSA) is 108 Å². The number of thiophene rings is 1. The fraction of sp³-hybridized carbons (Fsp3) is 0.333. The Bertz CT molecular complexity index is 801. The lowest BCUT2D eigenvalue weighted by Crippen LogP contribution is -2.36. The number of urea groups is 1. The van der Waals surface area contributed by atoms with Crippen molar-refractivity contribution in [2.45, 2.75) is 6.54 Å². The number of amides is 4. The van der Waals surface area contributed by atoms with Gasteiger partial charge in [-0.05, 0) is 11.4 Å². The molecule has 0 bridgehead atoms. The minimum atomic E-state index is -0.497. The maximum atomic E-state index is 12.2. The molecular formula is C15H17N5O4S. The highest BCUT2D eigenvalue weighted by Gasteiger charge is 2.34. The Balaban J connectivity index is 1.72. The molecule has 1 aliphatic rings. The molecule has 2 aromatic heterocycles. The molecule has 4 amide bonds. The average molecular weight is 363 g/mol. The number of carbonyl (C=O) groups excluding carboxylic acids is 3. The molecule has 25 heavy (non-hydrogen) atoms. The highest BCUT2D eigenvalue weighted by atomic mass is 32.1. The quantitative estimate of drug-likeness (QED) is 0.724. The number of nitrogens with zero attached hydrogens (tertiary/aromatic N) is 4. The first-order valence-corrected chi connectivity index (χ1v) is 8.45. The Morgan fingerprint density at radius 2 is 2.24 bits per heavy atom. The van der Waals surface area contributed by atoms with Gasteiger partial charge in [0.2, 0.25) is 11.8 Å². The molecule has 9 nitrogen and oxygen atoms in total. The molecular weight excluding hydrogens is 346 g/mol. The number of anilines is 1. The fourth-order valence-corrected chi connectivity index (χ4v) is 3.14. The van der Waals surface area contributed by atoms with Crippen LogP contribution in [0.4, 0.5) is 10.6 Å². The van der Waals surface area contributed by atoms with Crippen LogP contribution in [0.1, 0.15) is 0 Å². The molecule has 0 unspecified atom stereocenters. The predicted octanol–water partition coefficient (Wildman–Crippen LogP) is 0.436. The lowest BCUT2D eigenvalue weighted by atomic mass is 10.3. The number of aliphatic hydroxyl groups is 1. The van der Waals surface area contributed by atoms with E-state index in [2.05, 4.69) is 10.4 Å². The van der Waals surface area contributed by atoms with Crippen LogP contribution in [0.25, 0.3) is 10.6 Å². The van der Waals surface area contributed by atoms with E-state index in [1.807, 2.05) is 17.5 Å². The summed E-state index contributed by atoms with van der Waals surface area (Å²) in [6, 6.07) is 5.02. The largest absolute Gasteiger partial charge is 0.394 e. The number of hydrogen-bond donors (Lipinski definition) is 2. The van der Waals surface area contributed by atoms with Crippen molar-refractivity contribution in [2.75, 3.05) is 32.1 Å². The molecule has 1 aliphatic heterocycles. The van der Waals surface area contributed by atoms with Crippen LogP contribution >= 0.6 is 11.3 Å². The lowest BCUT2D eigenvalue weighted by Gasteiger charge is -2.14. The van der Waals surface area contributed by atoms with Crippen LogP contribution in [0, 0.1) is 0 Å². The number of likely N-dealkylation sites (N-methyl/N-ethyl adjacent to an activating group) is 1. The minimum Gasteiger partial charge on any atom is -0.394 e. The first-order valence-electron chi connectivity index (χ1n) is 7.57. The van der Waals surface area contributed by atoms with Crippen LogP contribution in [0.3, 0.4) is 0 Å². The van der Waals surface area contributed by atoms with Gasteiger partial charge in [0.15, 0.2) is 0 Å². The van der Waals surface area contributed by atoms with Gasteiger partial charge in [-0.25, -0.2) is 9.48 Å². The Morgan fingerprint density at radius 1 is 1.44 bits per heavy atom. The van der Waals surface area contributed by atoms with Crippen LogP contribution in [-0.4, -0.2) is 69.3 Å². The monoisotopic (exact) mass is 363 g/mol. The summed E-state index contributed by atoms with van der Waals surface area (Å²) in [6.45, 7) is -0.240. The van der Waals surface area contributed by atoms with Gasteiger partial charge in [-0.3, -0.25) is 14.5 Å². The van der Waals surface area contributed by atoms with Gasteiger partial charge in [-0.1, -0.05) is 6.07 Å². The summed E-state index contributed by atoms with van der Waals surface area (Å²) in [6.07, 6.45) is 0. The molecule has 2 N–H and O–H groups in total. The highest BCUT2D eigenvalue weighted by molar-refractivity contribution is 7.13. The van der Waals surface area contributed by atoms with Gasteiger partial charge in [0, 0.05) is 13.1 Å². The van der Waals surface area contributed by atoms with Crippen molar-refractivity contribution in [1.82, 2.24) is 19.6 Å². The molecule has 3 heterocycles. The number of aliphatic hydroxyl groups excluding tert-OH is 1. The van der Waals surface area contributed by atoms with Crippen LogP contribution < -0.4 is 5.32 Å². The lowest BCUT2D eigenvalue weighted by molar-refractivity contribution is -0.124. The van der Waals surface area contributed by atoms with Gasteiger partial charge in [0.05, 0.1) is 18.0 Å². The first kappa shape index (κ1) is 17.1. The maximum Gasteiger partial charge on any atom is 0.327 e. The zero-order valence-electron chi connectivity index (χ0n) is 13.5. The SMILES string of the molecule is CN1C(=O)CN(CC(=O)Nc2cc(-c3cccs3)nn2CCO)C1=O. The zero-order chi connectivity index (χ0) is 18.0. The summed E-state index contributed by atoms with van der Waals surface area (Å²) in [5.74, 6) is -0.356. The Kier molecular flexibility index (Phi) is 4.81. The average Bonchev–Trinajstić information content (AvgIpc) is 3.27. The minimum absolute atomic E-state index is 0.112. The highest BCUT2D eigenvalue weighted by Crippen LogP contribution is 2.26. The Labute approximate surface area is 147 Å². The molecule has 0 aliphatic carbocycles. The van der Waals surface area contributed by atoms with Crippen molar-refractivity contribution >= 4 is 35.0 Å². The zero-order valence-corrected chi connectivity index (χ0v) is 14.3. The van der Waals surface area contributed by atoms with E-state index in [1.165, 1.54) is 28.0 Å². The van der Waals surface area contributed by atoms with Crippen LogP contribution in [0.2, 0.25) is 0 Å². The standard InChI is InChI=1S/C15H17N5O4S/c1-18-14(23)9-19(15(18)24)8-13(22)16-12-7-10(11-3-2-6-25-11)17-20(12)4-5-21/h2-3,6-7,21H,4-5,8-9H2,1H3,(H,16,22). The molecule has 3 rings (SSSR count). The van der Waals surface area contributed by atoms with E-state index in [1.54, 1.807) is 6.07 Å². The van der Waals surface area contributed by atoms with E-state index in [9.17, 15) is 19.5 Å². The normalized spacial score (nSPS) is 14.5. The second-order valence-electron chi connectivity index (χ2n) is 5.48. The van der Waals surface area contributed by atoms with Crippen molar-refractivity contribution in [1.29, 1.82) is 0 Å². The third-order valence-corrected chi connectivity index (χ3v) is 4.62. The van der Waals surface area contributed by atoms with Crippen molar-refractivity contribution in [3.63, 3.8) is 0 Å². The molecule has 132 valence electrons. The predicted molar refractivity (Wildman–Crippen MR) is 91.0 cm³/mol. The molecule has 10 heteroatoms. The smallest absolute Gasteiger partial charge is 0.327 e. The molecule has 0 radical (unpaired) electrons. The molecule has 1 saturated heterocycles. The van der Waals surface area contributed by atoms with Crippen LogP contribution in [0.5, 0.6) is 0 Å². The molecule has 1 fully saturated rings. The van der Waals surface area contributed by atoms with E-state index in [0.717, 1.165) is 9.78 Å². The van der Waals surface area contributed by atoms with Gasteiger partial charge in [0.1, 0.15) is 24.6 Å². The second kappa shape index (κ2) is 7.03. The number of rotatable bonds is 6. The van der Waals surface area contributed by atoms with Crippen LogP contribution in [-0.2, 0) is 16.1 Å². The van der Waals surface area contributed by atoms with Crippen molar-refractivity contribution in [3.05, 3.63) is 23.6 Å². The Hall–Kier alpha value is -2.72. The summed E-state index contributed by atoms with van der Waals surface area (Å²) < 4.78 is 1.50. The summed E-state index contributed by atoms with van der Waals surface area (Å²) in [4.78, 5) is 38.7. The number of imide groups is 1. The van der Waals surface area contributed by atoms with Gasteiger partial charge < -0.3 is 15.3 Å². The van der Waals surface area contributed by atoms with E-state index in [-0.39, 0.29) is 32.1 Å². The molecule has 0 spiro atoms. The van der Waals surface area contributed by atoms with Gasteiger partial charge in [-0.2, -0.15) is 5.10 Å². The second-order valence-corrected chi connectivity index (χ2v) is 6.43. The van der Waals surface area contributed by atoms with Gasteiger partial charge >= 0.3 is 6.03 Å². The Morgan fingerprint density at radius 3 is 2.84 bits per heavy atom. The molecule has 0 aromatic carbocycles. The number of carbonyl (C=O) groups is 3. The number of nitrogens with one attached hydrogen (secondary N) is 1. The molecule has 0 atom stereocenters. The first-order chi connectivity index (χ1) is 12.0. The summed E-state index contributed by atoms with van der Waals surface area (Å²) in [5.41, 5.74) is 0.686. The maximum absolute atomic E-state index is 12.2. The van der Waals surface area contributed by atoms with E-state index in [0.29, 0.717) is 11.5 Å². The third kappa shape index (κ3) is 3.54. The van der Waals surface area contributed by atoms with Gasteiger partial charge in [0.25, 0.3) is 0 Å². The summed E-state index contributed by atoms with van der Waals surface area (Å²) in [7, 11) is 1.38. The molecule has 2 aromatic rings. The number of hydrogen-bond acceptors (Lipinski definition) is 6. The fourth-order valence-electron chi connectivity index (χ4n) is 2.46. The van der Waals surface area contributed by atoms with Crippen molar-refractivity contribution < 1.29 is 19.5 Å².